The van der Waals surface area contributed by atoms with E-state index < -0.39 is 18.2 Å². The second kappa shape index (κ2) is 40.3. The van der Waals surface area contributed by atoms with Crippen molar-refractivity contribution in [2.75, 3.05) is 6.61 Å². The minimum Gasteiger partial charge on any atom is -0.394 e. The molecule has 3 atom stereocenters. The molecular weight excluding hydrogens is 618 g/mol. The number of carbonyl (C=O) groups is 1. The highest BCUT2D eigenvalue weighted by atomic mass is 16.3. The Morgan fingerprint density at radius 2 is 0.820 bits per heavy atom. The number of allylic oxidation sites excluding steroid dienone is 6. The van der Waals surface area contributed by atoms with Gasteiger partial charge >= 0.3 is 0 Å². The fraction of sp³-hybridized carbons (Fsp3) is 0.844. The van der Waals surface area contributed by atoms with Crippen LogP contribution in [0.2, 0.25) is 0 Å². The molecule has 0 saturated heterocycles. The van der Waals surface area contributed by atoms with E-state index in [1.807, 2.05) is 0 Å². The van der Waals surface area contributed by atoms with Crippen LogP contribution in [0, 0.1) is 0 Å². The number of carbonyl (C=O) groups excluding carboxylic acids is 1. The van der Waals surface area contributed by atoms with Crippen LogP contribution in [0.4, 0.5) is 0 Å². The third kappa shape index (κ3) is 35.0. The van der Waals surface area contributed by atoms with Gasteiger partial charge in [0.05, 0.1) is 18.8 Å². The molecular formula is C45H85NO4. The molecule has 0 aliphatic heterocycles. The van der Waals surface area contributed by atoms with E-state index in [1.165, 1.54) is 148 Å². The lowest BCUT2D eigenvalue weighted by Crippen LogP contribution is -2.50. The standard InChI is InChI=1S/C45H85NO4/c1-3-5-7-9-11-13-15-17-19-20-21-22-23-24-26-27-29-31-33-35-37-39-43(48)45(50)42(41-47)46-44(49)40-38-36-34-32-30-28-25-18-16-14-12-10-8-6-4-2/h14,16,24,26,31,33,42-43,45,47-48,50H,3-13,15,17-23,25,27-30,32,34-41H2,1-2H3,(H,46,49)/b16-14-,26-24+,33-31+. The van der Waals surface area contributed by atoms with Crippen molar-refractivity contribution in [1.82, 2.24) is 5.32 Å². The molecule has 0 fully saturated rings. The SMILES string of the molecule is CCCCCC/C=C\CCCCCCCCCC(=O)NC(CO)C(O)C(O)CCC/C=C/CC/C=C/CCCCCCCCCCCCCC. The molecule has 294 valence electrons. The topological polar surface area (TPSA) is 89.8 Å². The Morgan fingerprint density at radius 3 is 1.24 bits per heavy atom. The van der Waals surface area contributed by atoms with Crippen molar-refractivity contribution in [3.05, 3.63) is 36.5 Å². The summed E-state index contributed by atoms with van der Waals surface area (Å²) in [6, 6.07) is -0.833. The lowest BCUT2D eigenvalue weighted by molar-refractivity contribution is -0.124. The van der Waals surface area contributed by atoms with E-state index in [0.29, 0.717) is 12.8 Å². The van der Waals surface area contributed by atoms with Gasteiger partial charge in [0, 0.05) is 6.42 Å². The van der Waals surface area contributed by atoms with Gasteiger partial charge in [-0.05, 0) is 77.0 Å². The van der Waals surface area contributed by atoms with Crippen LogP contribution in [0.15, 0.2) is 36.5 Å². The Kier molecular flexibility index (Phi) is 39.2. The summed E-state index contributed by atoms with van der Waals surface area (Å²) >= 11 is 0. The highest BCUT2D eigenvalue weighted by Gasteiger charge is 2.26. The molecule has 0 aromatic rings. The molecule has 1 amide bonds. The van der Waals surface area contributed by atoms with E-state index in [1.54, 1.807) is 0 Å². The zero-order valence-electron chi connectivity index (χ0n) is 33.3. The number of unbranched alkanes of at least 4 members (excludes halogenated alkanes) is 25. The molecule has 0 aromatic heterocycles. The summed E-state index contributed by atoms with van der Waals surface area (Å²) in [6.45, 7) is 4.15. The van der Waals surface area contributed by atoms with Crippen LogP contribution in [0.25, 0.3) is 0 Å². The molecule has 0 aliphatic rings. The molecule has 0 heterocycles. The summed E-state index contributed by atoms with van der Waals surface area (Å²) in [7, 11) is 0. The Morgan fingerprint density at radius 1 is 0.480 bits per heavy atom. The van der Waals surface area contributed by atoms with Gasteiger partial charge < -0.3 is 20.6 Å². The molecule has 50 heavy (non-hydrogen) atoms. The van der Waals surface area contributed by atoms with Crippen LogP contribution < -0.4 is 5.32 Å². The van der Waals surface area contributed by atoms with Crippen molar-refractivity contribution < 1.29 is 20.1 Å². The van der Waals surface area contributed by atoms with Crippen LogP contribution in [0.1, 0.15) is 219 Å². The van der Waals surface area contributed by atoms with E-state index >= 15 is 0 Å². The highest BCUT2D eigenvalue weighted by molar-refractivity contribution is 5.76. The van der Waals surface area contributed by atoms with Crippen molar-refractivity contribution in [3.63, 3.8) is 0 Å². The first kappa shape index (κ1) is 48.6. The van der Waals surface area contributed by atoms with Crippen molar-refractivity contribution in [2.45, 2.75) is 238 Å². The largest absolute Gasteiger partial charge is 0.394 e. The van der Waals surface area contributed by atoms with Crippen molar-refractivity contribution in [2.24, 2.45) is 0 Å². The average molecular weight is 704 g/mol. The predicted molar refractivity (Wildman–Crippen MR) is 218 cm³/mol. The first-order chi connectivity index (χ1) is 24.6. The summed E-state index contributed by atoms with van der Waals surface area (Å²) in [5.41, 5.74) is 0. The minimum atomic E-state index is -1.17. The van der Waals surface area contributed by atoms with Crippen LogP contribution in [0.5, 0.6) is 0 Å². The number of aliphatic hydroxyl groups excluding tert-OH is 3. The Hall–Kier alpha value is -1.43. The normalized spacial score (nSPS) is 13.9. The Bertz CT molecular complexity index is 779. The third-order valence-electron chi connectivity index (χ3n) is 9.94. The fourth-order valence-corrected chi connectivity index (χ4v) is 6.53. The van der Waals surface area contributed by atoms with E-state index in [4.69, 9.17) is 0 Å². The van der Waals surface area contributed by atoms with Gasteiger partial charge in [0.15, 0.2) is 0 Å². The van der Waals surface area contributed by atoms with E-state index in [2.05, 4.69) is 55.6 Å². The van der Waals surface area contributed by atoms with Crippen LogP contribution in [0.3, 0.4) is 0 Å². The van der Waals surface area contributed by atoms with Gasteiger partial charge in [-0.15, -0.1) is 0 Å². The van der Waals surface area contributed by atoms with Gasteiger partial charge in [-0.1, -0.05) is 172 Å². The van der Waals surface area contributed by atoms with Crippen molar-refractivity contribution >= 4 is 5.91 Å². The molecule has 0 saturated carbocycles. The highest BCUT2D eigenvalue weighted by Crippen LogP contribution is 2.14. The average Bonchev–Trinajstić information content (AvgIpc) is 3.12. The molecule has 4 N–H and O–H groups in total. The second-order valence-corrected chi connectivity index (χ2v) is 14.9. The van der Waals surface area contributed by atoms with Crippen molar-refractivity contribution in [3.8, 4) is 0 Å². The minimum absolute atomic E-state index is 0.164. The summed E-state index contributed by atoms with van der Waals surface area (Å²) in [6.07, 6.45) is 49.6. The second-order valence-electron chi connectivity index (χ2n) is 14.9. The molecule has 5 nitrogen and oxygen atoms in total. The maximum absolute atomic E-state index is 12.4. The number of amides is 1. The molecule has 0 spiro atoms. The van der Waals surface area contributed by atoms with Crippen molar-refractivity contribution in [1.29, 1.82) is 0 Å². The maximum atomic E-state index is 12.4. The zero-order chi connectivity index (χ0) is 36.6. The monoisotopic (exact) mass is 704 g/mol. The van der Waals surface area contributed by atoms with E-state index in [9.17, 15) is 20.1 Å². The summed E-state index contributed by atoms with van der Waals surface area (Å²) in [5, 5.41) is 33.5. The van der Waals surface area contributed by atoms with E-state index in [0.717, 1.165) is 44.9 Å². The molecule has 0 aromatic carbocycles. The van der Waals surface area contributed by atoms with Crippen LogP contribution >= 0.6 is 0 Å². The number of nitrogens with one attached hydrogen (secondary N) is 1. The zero-order valence-corrected chi connectivity index (χ0v) is 33.3. The molecule has 0 radical (unpaired) electrons. The Labute approximate surface area is 311 Å². The van der Waals surface area contributed by atoms with Gasteiger partial charge in [0.25, 0.3) is 0 Å². The smallest absolute Gasteiger partial charge is 0.220 e. The molecule has 0 rings (SSSR count). The fourth-order valence-electron chi connectivity index (χ4n) is 6.53. The number of hydrogen-bond donors (Lipinski definition) is 4. The quantitative estimate of drug-likeness (QED) is 0.0379. The summed E-state index contributed by atoms with van der Waals surface area (Å²) in [5.74, 6) is -0.164. The van der Waals surface area contributed by atoms with Gasteiger partial charge in [0.1, 0.15) is 6.10 Å². The van der Waals surface area contributed by atoms with Gasteiger partial charge in [-0.2, -0.15) is 0 Å². The molecule has 0 bridgehead atoms. The maximum Gasteiger partial charge on any atom is 0.220 e. The third-order valence-corrected chi connectivity index (χ3v) is 9.94. The van der Waals surface area contributed by atoms with Gasteiger partial charge in [-0.25, -0.2) is 0 Å². The van der Waals surface area contributed by atoms with Crippen LogP contribution in [-0.4, -0.2) is 46.1 Å². The lowest BCUT2D eigenvalue weighted by Gasteiger charge is -2.26. The summed E-state index contributed by atoms with van der Waals surface area (Å²) in [4.78, 5) is 12.4. The number of aliphatic hydroxyl groups is 3. The lowest BCUT2D eigenvalue weighted by atomic mass is 10.0. The number of rotatable bonds is 39. The van der Waals surface area contributed by atoms with Gasteiger partial charge in [-0.3, -0.25) is 4.79 Å². The predicted octanol–water partition coefficient (Wildman–Crippen LogP) is 12.4. The first-order valence-electron chi connectivity index (χ1n) is 21.8. The summed E-state index contributed by atoms with van der Waals surface area (Å²) < 4.78 is 0. The van der Waals surface area contributed by atoms with Crippen LogP contribution in [-0.2, 0) is 4.79 Å². The molecule has 3 unspecified atom stereocenters. The Balaban J connectivity index is 3.71. The molecule has 5 heteroatoms. The molecule has 0 aliphatic carbocycles. The van der Waals surface area contributed by atoms with E-state index in [-0.39, 0.29) is 12.5 Å². The number of hydrogen-bond acceptors (Lipinski definition) is 4. The first-order valence-corrected chi connectivity index (χ1v) is 21.8. The van der Waals surface area contributed by atoms with Gasteiger partial charge in [0.2, 0.25) is 5.91 Å².